The summed E-state index contributed by atoms with van der Waals surface area (Å²) in [4.78, 5) is 0. The first-order valence-electron chi connectivity index (χ1n) is 11.6. The molecular weight excluding hydrogens is 465 g/mol. The SMILES string of the molecule is Cn1c(-c2ccccc2P(=O)(c2ccccc2)c2ccccc2)c(-c2ccsc2)c2ccccc21. The molecule has 0 N–H and O–H groups in total. The molecule has 0 unspecified atom stereocenters. The van der Waals surface area contributed by atoms with Crippen molar-refractivity contribution >= 4 is 45.3 Å². The van der Waals surface area contributed by atoms with Crippen LogP contribution in [0.15, 0.2) is 126 Å². The lowest BCUT2D eigenvalue weighted by atomic mass is 10.0. The van der Waals surface area contributed by atoms with Crippen LogP contribution in [0, 0.1) is 0 Å². The van der Waals surface area contributed by atoms with Crippen molar-refractivity contribution in [1.29, 1.82) is 0 Å². The van der Waals surface area contributed by atoms with Gasteiger partial charge in [0.25, 0.3) is 0 Å². The van der Waals surface area contributed by atoms with Crippen molar-refractivity contribution in [3.8, 4) is 22.4 Å². The van der Waals surface area contributed by atoms with Crippen LogP contribution in [0.2, 0.25) is 0 Å². The molecule has 0 bridgehead atoms. The normalized spacial score (nSPS) is 11.7. The molecule has 0 fully saturated rings. The number of para-hydroxylation sites is 1. The first kappa shape index (κ1) is 21.9. The summed E-state index contributed by atoms with van der Waals surface area (Å²) >= 11 is 1.70. The molecule has 2 heterocycles. The van der Waals surface area contributed by atoms with Gasteiger partial charge in [0.05, 0.1) is 5.69 Å². The van der Waals surface area contributed by atoms with Crippen LogP contribution in [-0.2, 0) is 11.6 Å². The minimum Gasteiger partial charge on any atom is -0.343 e. The van der Waals surface area contributed by atoms with Gasteiger partial charge in [-0.25, -0.2) is 0 Å². The van der Waals surface area contributed by atoms with Crippen LogP contribution in [0.25, 0.3) is 33.3 Å². The van der Waals surface area contributed by atoms with Crippen molar-refractivity contribution in [2.45, 2.75) is 0 Å². The minimum atomic E-state index is -3.15. The Morgan fingerprint density at radius 2 is 1.29 bits per heavy atom. The minimum absolute atomic E-state index is 0.842. The van der Waals surface area contributed by atoms with Gasteiger partial charge in [-0.1, -0.05) is 103 Å². The molecular formula is C31H24NOPS. The Balaban J connectivity index is 1.72. The van der Waals surface area contributed by atoms with Crippen LogP contribution in [0.1, 0.15) is 0 Å². The van der Waals surface area contributed by atoms with Crippen LogP contribution in [-0.4, -0.2) is 4.57 Å². The fraction of sp³-hybridized carbons (Fsp3) is 0.0323. The van der Waals surface area contributed by atoms with E-state index in [1.165, 1.54) is 16.5 Å². The highest BCUT2D eigenvalue weighted by molar-refractivity contribution is 7.85. The largest absolute Gasteiger partial charge is 0.343 e. The average molecular weight is 490 g/mol. The Kier molecular flexibility index (Phi) is 5.53. The van der Waals surface area contributed by atoms with E-state index < -0.39 is 7.14 Å². The van der Waals surface area contributed by atoms with E-state index in [2.05, 4.69) is 58.8 Å². The highest BCUT2D eigenvalue weighted by Gasteiger charge is 2.33. The Labute approximate surface area is 209 Å². The third kappa shape index (κ3) is 3.51. The van der Waals surface area contributed by atoms with E-state index in [9.17, 15) is 0 Å². The maximum absolute atomic E-state index is 15.3. The Bertz CT molecular complexity index is 1620. The summed E-state index contributed by atoms with van der Waals surface area (Å²) in [5, 5.41) is 8.06. The lowest BCUT2D eigenvalue weighted by molar-refractivity contribution is 0.592. The van der Waals surface area contributed by atoms with E-state index in [1.54, 1.807) is 11.3 Å². The molecule has 0 atom stereocenters. The number of aromatic nitrogens is 1. The molecule has 170 valence electrons. The van der Waals surface area contributed by atoms with E-state index in [0.717, 1.165) is 32.7 Å². The van der Waals surface area contributed by atoms with Crippen molar-refractivity contribution in [1.82, 2.24) is 4.57 Å². The third-order valence-electron chi connectivity index (χ3n) is 6.65. The monoisotopic (exact) mass is 489 g/mol. The number of rotatable bonds is 5. The molecule has 4 aromatic carbocycles. The highest BCUT2D eigenvalue weighted by Crippen LogP contribution is 2.48. The Hall–Kier alpha value is -3.65. The Morgan fingerprint density at radius 1 is 0.686 bits per heavy atom. The summed E-state index contributed by atoms with van der Waals surface area (Å²) < 4.78 is 17.6. The molecule has 6 rings (SSSR count). The predicted octanol–water partition coefficient (Wildman–Crippen LogP) is 7.21. The first-order chi connectivity index (χ1) is 17.2. The quantitative estimate of drug-likeness (QED) is 0.235. The topological polar surface area (TPSA) is 22.0 Å². The molecule has 0 aliphatic carbocycles. The standard InChI is InChI=1S/C31H24NOPS/c1-32-28-18-10-8-16-26(28)30(23-20-21-35-22-23)31(32)27-17-9-11-19-29(27)34(33,24-12-4-2-5-13-24)25-14-6-3-7-15-25/h2-22H,1H3. The number of benzene rings is 4. The van der Waals surface area contributed by atoms with Gasteiger partial charge in [0, 0.05) is 45.0 Å². The second kappa shape index (κ2) is 8.85. The summed E-state index contributed by atoms with van der Waals surface area (Å²) in [6.07, 6.45) is 0. The van der Waals surface area contributed by atoms with Gasteiger partial charge in [0.1, 0.15) is 0 Å². The number of fused-ring (bicyclic) bond motifs is 1. The number of aryl methyl sites for hydroxylation is 1. The number of hydrogen-bond donors (Lipinski definition) is 0. The van der Waals surface area contributed by atoms with Crippen LogP contribution in [0.4, 0.5) is 0 Å². The van der Waals surface area contributed by atoms with E-state index in [1.807, 2.05) is 78.9 Å². The van der Waals surface area contributed by atoms with Crippen molar-refractivity contribution in [2.24, 2.45) is 7.05 Å². The van der Waals surface area contributed by atoms with Crippen molar-refractivity contribution < 1.29 is 4.57 Å². The molecule has 35 heavy (non-hydrogen) atoms. The lowest BCUT2D eigenvalue weighted by Crippen LogP contribution is -2.26. The van der Waals surface area contributed by atoms with Gasteiger partial charge in [0.2, 0.25) is 0 Å². The van der Waals surface area contributed by atoms with Gasteiger partial charge in [-0.05, 0) is 28.5 Å². The number of thiophene rings is 1. The molecule has 0 aliphatic heterocycles. The molecule has 0 saturated heterocycles. The van der Waals surface area contributed by atoms with Gasteiger partial charge in [0.15, 0.2) is 7.14 Å². The average Bonchev–Trinajstić information content (AvgIpc) is 3.56. The number of nitrogens with zero attached hydrogens (tertiary/aromatic N) is 1. The molecule has 0 radical (unpaired) electrons. The van der Waals surface area contributed by atoms with Gasteiger partial charge < -0.3 is 9.13 Å². The van der Waals surface area contributed by atoms with Crippen molar-refractivity contribution in [3.05, 3.63) is 126 Å². The molecule has 4 heteroatoms. The first-order valence-corrected chi connectivity index (χ1v) is 14.3. The van der Waals surface area contributed by atoms with E-state index in [-0.39, 0.29) is 0 Å². The molecule has 2 nitrogen and oxygen atoms in total. The number of hydrogen-bond acceptors (Lipinski definition) is 2. The summed E-state index contributed by atoms with van der Waals surface area (Å²) in [5.74, 6) is 0. The van der Waals surface area contributed by atoms with Crippen LogP contribution < -0.4 is 15.9 Å². The van der Waals surface area contributed by atoms with Crippen LogP contribution in [0.3, 0.4) is 0 Å². The summed E-state index contributed by atoms with van der Waals surface area (Å²) in [5.41, 5.74) is 5.62. The zero-order chi connectivity index (χ0) is 23.8. The lowest BCUT2D eigenvalue weighted by Gasteiger charge is -2.23. The summed E-state index contributed by atoms with van der Waals surface area (Å²) in [6, 6.07) is 38.7. The summed E-state index contributed by atoms with van der Waals surface area (Å²) in [7, 11) is -1.04. The van der Waals surface area contributed by atoms with E-state index in [4.69, 9.17) is 0 Å². The summed E-state index contributed by atoms with van der Waals surface area (Å²) in [6.45, 7) is 0. The van der Waals surface area contributed by atoms with Crippen LogP contribution >= 0.6 is 18.5 Å². The second-order valence-corrected chi connectivity index (χ2v) is 12.1. The van der Waals surface area contributed by atoms with Gasteiger partial charge in [-0.15, -0.1) is 0 Å². The van der Waals surface area contributed by atoms with Gasteiger partial charge >= 0.3 is 0 Å². The molecule has 0 saturated carbocycles. The maximum atomic E-state index is 15.3. The van der Waals surface area contributed by atoms with Crippen LogP contribution in [0.5, 0.6) is 0 Å². The van der Waals surface area contributed by atoms with Gasteiger partial charge in [-0.3, -0.25) is 0 Å². The zero-order valence-electron chi connectivity index (χ0n) is 19.3. The fourth-order valence-electron chi connectivity index (χ4n) is 5.06. The maximum Gasteiger partial charge on any atom is 0.171 e. The smallest absolute Gasteiger partial charge is 0.171 e. The highest BCUT2D eigenvalue weighted by atomic mass is 32.1. The molecule has 0 aliphatic rings. The third-order valence-corrected chi connectivity index (χ3v) is 10.5. The van der Waals surface area contributed by atoms with Crippen molar-refractivity contribution in [3.63, 3.8) is 0 Å². The second-order valence-electron chi connectivity index (χ2n) is 8.61. The van der Waals surface area contributed by atoms with E-state index >= 15 is 4.57 Å². The van der Waals surface area contributed by atoms with Crippen molar-refractivity contribution in [2.75, 3.05) is 0 Å². The zero-order valence-corrected chi connectivity index (χ0v) is 21.0. The Morgan fingerprint density at radius 3 is 1.94 bits per heavy atom. The predicted molar refractivity (Wildman–Crippen MR) is 151 cm³/mol. The molecule has 0 spiro atoms. The fourth-order valence-corrected chi connectivity index (χ4v) is 8.56. The molecule has 6 aromatic rings. The molecule has 0 amide bonds. The van der Waals surface area contributed by atoms with E-state index in [0.29, 0.717) is 0 Å². The molecule has 2 aromatic heterocycles. The van der Waals surface area contributed by atoms with Gasteiger partial charge in [-0.2, -0.15) is 11.3 Å².